The molecule has 1 aliphatic heterocycles. The first-order valence-electron chi connectivity index (χ1n) is 5.46. The molecule has 4 heteroatoms. The van der Waals surface area contributed by atoms with Gasteiger partial charge >= 0.3 is 0 Å². The van der Waals surface area contributed by atoms with Crippen LogP contribution < -0.4 is 5.73 Å². The Kier molecular flexibility index (Phi) is 3.39. The summed E-state index contributed by atoms with van der Waals surface area (Å²) in [7, 11) is 0. The Bertz CT molecular complexity index is 369. The van der Waals surface area contributed by atoms with Crippen molar-refractivity contribution in [2.45, 2.75) is 18.8 Å². The van der Waals surface area contributed by atoms with Crippen LogP contribution in [0.25, 0.3) is 0 Å². The topological polar surface area (TPSA) is 29.3 Å². The molecular formula is C12H15FN2S. The second kappa shape index (κ2) is 4.78. The van der Waals surface area contributed by atoms with Crippen LogP contribution in [0.3, 0.4) is 0 Å². The molecule has 0 radical (unpaired) electrons. The molecule has 0 saturated carbocycles. The number of rotatable bonds is 1. The molecule has 0 aliphatic carbocycles. The summed E-state index contributed by atoms with van der Waals surface area (Å²) in [6, 6.07) is 6.79. The van der Waals surface area contributed by atoms with Gasteiger partial charge in [-0.05, 0) is 48.7 Å². The highest BCUT2D eigenvalue weighted by molar-refractivity contribution is 7.80. The SMILES string of the molecule is NC(=S)N1CCC(c2ccc(F)cc2)CC1. The van der Waals surface area contributed by atoms with Gasteiger partial charge in [0.05, 0.1) is 0 Å². The summed E-state index contributed by atoms with van der Waals surface area (Å²) in [6.45, 7) is 1.80. The van der Waals surface area contributed by atoms with Crippen molar-refractivity contribution >= 4 is 17.3 Å². The Balaban J connectivity index is 1.99. The van der Waals surface area contributed by atoms with E-state index in [1.54, 1.807) is 0 Å². The molecule has 0 unspecified atom stereocenters. The smallest absolute Gasteiger partial charge is 0.166 e. The highest BCUT2D eigenvalue weighted by Crippen LogP contribution is 2.27. The summed E-state index contributed by atoms with van der Waals surface area (Å²) in [4.78, 5) is 2.02. The number of nitrogens with zero attached hydrogens (tertiary/aromatic N) is 1. The van der Waals surface area contributed by atoms with Gasteiger partial charge in [-0.2, -0.15) is 0 Å². The lowest BCUT2D eigenvalue weighted by molar-refractivity contribution is 0.315. The fraction of sp³-hybridized carbons (Fsp3) is 0.417. The van der Waals surface area contributed by atoms with Crippen molar-refractivity contribution in [2.75, 3.05) is 13.1 Å². The molecule has 0 amide bonds. The normalized spacial score (nSPS) is 17.4. The number of likely N-dealkylation sites (tertiary alicyclic amines) is 1. The maximum Gasteiger partial charge on any atom is 0.166 e. The number of nitrogens with two attached hydrogens (primary N) is 1. The molecule has 0 bridgehead atoms. The fourth-order valence-corrected chi connectivity index (χ4v) is 2.35. The summed E-state index contributed by atoms with van der Waals surface area (Å²) in [5, 5.41) is 0.484. The largest absolute Gasteiger partial charge is 0.376 e. The van der Waals surface area contributed by atoms with Crippen LogP contribution in [0.5, 0.6) is 0 Å². The number of hydrogen-bond donors (Lipinski definition) is 1. The van der Waals surface area contributed by atoms with Crippen molar-refractivity contribution in [2.24, 2.45) is 5.73 Å². The van der Waals surface area contributed by atoms with Crippen LogP contribution in [-0.4, -0.2) is 23.1 Å². The van der Waals surface area contributed by atoms with E-state index in [-0.39, 0.29) is 5.82 Å². The van der Waals surface area contributed by atoms with E-state index in [1.165, 1.54) is 17.7 Å². The first kappa shape index (κ1) is 11.3. The first-order chi connectivity index (χ1) is 7.66. The zero-order chi connectivity index (χ0) is 11.5. The van der Waals surface area contributed by atoms with Crippen LogP contribution in [0.15, 0.2) is 24.3 Å². The zero-order valence-corrected chi connectivity index (χ0v) is 9.84. The standard InChI is InChI=1S/C12H15FN2S/c13-11-3-1-9(2-4-11)10-5-7-15(8-6-10)12(14)16/h1-4,10H,5-8H2,(H2,14,16). The van der Waals surface area contributed by atoms with E-state index in [0.29, 0.717) is 11.0 Å². The molecule has 2 N–H and O–H groups in total. The Labute approximate surface area is 100 Å². The lowest BCUT2D eigenvalue weighted by atomic mass is 9.90. The van der Waals surface area contributed by atoms with Gasteiger partial charge in [0.15, 0.2) is 5.11 Å². The van der Waals surface area contributed by atoms with Crippen LogP contribution in [0.4, 0.5) is 4.39 Å². The molecule has 86 valence electrons. The Hall–Kier alpha value is -1.16. The molecule has 0 atom stereocenters. The second-order valence-corrected chi connectivity index (χ2v) is 4.57. The average Bonchev–Trinajstić information content (AvgIpc) is 2.30. The van der Waals surface area contributed by atoms with Gasteiger partial charge in [-0.3, -0.25) is 0 Å². The first-order valence-corrected chi connectivity index (χ1v) is 5.87. The fourth-order valence-electron chi connectivity index (χ4n) is 2.17. The molecule has 1 saturated heterocycles. The molecule has 0 spiro atoms. The molecule has 1 aromatic rings. The van der Waals surface area contributed by atoms with E-state index in [0.717, 1.165) is 25.9 Å². The lowest BCUT2D eigenvalue weighted by Gasteiger charge is -2.32. The molecule has 2 rings (SSSR count). The van der Waals surface area contributed by atoms with Crippen molar-refractivity contribution in [3.63, 3.8) is 0 Å². The Morgan fingerprint density at radius 2 is 1.81 bits per heavy atom. The van der Waals surface area contributed by atoms with Crippen LogP contribution >= 0.6 is 12.2 Å². The van der Waals surface area contributed by atoms with Crippen LogP contribution in [-0.2, 0) is 0 Å². The van der Waals surface area contributed by atoms with Crippen molar-refractivity contribution in [1.82, 2.24) is 4.90 Å². The third kappa shape index (κ3) is 2.50. The molecular weight excluding hydrogens is 223 g/mol. The highest BCUT2D eigenvalue weighted by Gasteiger charge is 2.20. The molecule has 1 heterocycles. The van der Waals surface area contributed by atoms with Crippen LogP contribution in [0.2, 0.25) is 0 Å². The maximum absolute atomic E-state index is 12.8. The lowest BCUT2D eigenvalue weighted by Crippen LogP contribution is -2.40. The molecule has 1 aromatic carbocycles. The maximum atomic E-state index is 12.8. The van der Waals surface area contributed by atoms with Crippen molar-refractivity contribution in [3.8, 4) is 0 Å². The van der Waals surface area contributed by atoms with Gasteiger partial charge in [-0.1, -0.05) is 12.1 Å². The number of piperidine rings is 1. The van der Waals surface area contributed by atoms with E-state index < -0.39 is 0 Å². The number of halogens is 1. The monoisotopic (exact) mass is 238 g/mol. The van der Waals surface area contributed by atoms with Gasteiger partial charge in [0, 0.05) is 13.1 Å². The van der Waals surface area contributed by atoms with Crippen LogP contribution in [0, 0.1) is 5.82 Å². The van der Waals surface area contributed by atoms with Gasteiger partial charge < -0.3 is 10.6 Å². The Morgan fingerprint density at radius 3 is 2.31 bits per heavy atom. The predicted octanol–water partition coefficient (Wildman–Crippen LogP) is 2.25. The van der Waals surface area contributed by atoms with E-state index in [2.05, 4.69) is 0 Å². The molecule has 16 heavy (non-hydrogen) atoms. The highest BCUT2D eigenvalue weighted by atomic mass is 32.1. The molecule has 0 aromatic heterocycles. The predicted molar refractivity (Wildman–Crippen MR) is 66.7 cm³/mol. The minimum absolute atomic E-state index is 0.177. The average molecular weight is 238 g/mol. The molecule has 2 nitrogen and oxygen atoms in total. The van der Waals surface area contributed by atoms with E-state index in [9.17, 15) is 4.39 Å². The Morgan fingerprint density at radius 1 is 1.25 bits per heavy atom. The summed E-state index contributed by atoms with van der Waals surface area (Å²) in [6.07, 6.45) is 2.06. The van der Waals surface area contributed by atoms with Gasteiger partial charge in [-0.15, -0.1) is 0 Å². The van der Waals surface area contributed by atoms with Gasteiger partial charge in [0.2, 0.25) is 0 Å². The van der Waals surface area contributed by atoms with Gasteiger partial charge in [0.1, 0.15) is 5.82 Å². The van der Waals surface area contributed by atoms with E-state index >= 15 is 0 Å². The summed E-state index contributed by atoms with van der Waals surface area (Å²) < 4.78 is 12.8. The quantitative estimate of drug-likeness (QED) is 0.761. The summed E-state index contributed by atoms with van der Waals surface area (Å²) in [5.41, 5.74) is 6.79. The van der Waals surface area contributed by atoms with Crippen molar-refractivity contribution in [3.05, 3.63) is 35.6 Å². The van der Waals surface area contributed by atoms with Crippen LogP contribution in [0.1, 0.15) is 24.3 Å². The second-order valence-electron chi connectivity index (χ2n) is 4.15. The van der Waals surface area contributed by atoms with E-state index in [1.807, 2.05) is 17.0 Å². The van der Waals surface area contributed by atoms with Crippen molar-refractivity contribution < 1.29 is 4.39 Å². The summed E-state index contributed by atoms with van der Waals surface area (Å²) >= 11 is 4.94. The zero-order valence-electron chi connectivity index (χ0n) is 9.03. The third-order valence-corrected chi connectivity index (χ3v) is 3.41. The third-order valence-electron chi connectivity index (χ3n) is 3.15. The van der Waals surface area contributed by atoms with Gasteiger partial charge in [0.25, 0.3) is 0 Å². The number of thiocarbonyl (C=S) groups is 1. The minimum Gasteiger partial charge on any atom is -0.376 e. The van der Waals surface area contributed by atoms with Crippen molar-refractivity contribution in [1.29, 1.82) is 0 Å². The summed E-state index contributed by atoms with van der Waals surface area (Å²) in [5.74, 6) is 0.329. The van der Waals surface area contributed by atoms with E-state index in [4.69, 9.17) is 18.0 Å². The number of benzene rings is 1. The van der Waals surface area contributed by atoms with Gasteiger partial charge in [-0.25, -0.2) is 4.39 Å². The molecule has 1 fully saturated rings. The molecule has 1 aliphatic rings. The minimum atomic E-state index is -0.177. The number of hydrogen-bond acceptors (Lipinski definition) is 1.